The molecule has 4 nitrogen and oxygen atoms in total. The lowest BCUT2D eigenvalue weighted by Gasteiger charge is -2.10. The van der Waals surface area contributed by atoms with Crippen molar-refractivity contribution in [3.8, 4) is 0 Å². The molecular weight excluding hydrogens is 276 g/mol. The van der Waals surface area contributed by atoms with Crippen molar-refractivity contribution in [1.82, 2.24) is 5.32 Å². The Kier molecular flexibility index (Phi) is 4.49. The van der Waals surface area contributed by atoms with Crippen LogP contribution in [0.25, 0.3) is 0 Å². The summed E-state index contributed by atoms with van der Waals surface area (Å²) >= 11 is 0. The van der Waals surface area contributed by atoms with Crippen molar-refractivity contribution in [2.45, 2.75) is 13.5 Å². The Bertz CT molecular complexity index is 674. The number of hydrazine groups is 1. The Morgan fingerprint density at radius 1 is 1.19 bits per heavy atom. The van der Waals surface area contributed by atoms with Crippen molar-refractivity contribution in [3.63, 3.8) is 0 Å². The normalized spacial score (nSPS) is 10.3. The van der Waals surface area contributed by atoms with Gasteiger partial charge in [0.15, 0.2) is 0 Å². The van der Waals surface area contributed by atoms with Crippen LogP contribution in [-0.4, -0.2) is 5.91 Å². The van der Waals surface area contributed by atoms with Crippen molar-refractivity contribution >= 4 is 11.6 Å². The minimum absolute atomic E-state index is 0.0126. The molecule has 0 aliphatic carbocycles. The standard InChI is InChI=1S/C15H15F2N3O/c1-9-6-12(20-18)4-5-13(9)15(21)19-8-10-2-3-11(16)7-14(10)17/h2-7,20H,8,18H2,1H3,(H,19,21). The number of nitrogens with one attached hydrogen (secondary N) is 2. The number of rotatable bonds is 4. The number of nitrogen functional groups attached to an aromatic ring is 1. The molecule has 2 aromatic rings. The highest BCUT2D eigenvalue weighted by molar-refractivity contribution is 5.96. The fourth-order valence-corrected chi connectivity index (χ4v) is 1.94. The van der Waals surface area contributed by atoms with E-state index in [2.05, 4.69) is 10.7 Å². The Hall–Kier alpha value is -2.47. The fourth-order valence-electron chi connectivity index (χ4n) is 1.94. The maximum Gasteiger partial charge on any atom is 0.251 e. The number of carbonyl (C=O) groups is 1. The lowest BCUT2D eigenvalue weighted by Crippen LogP contribution is -2.24. The molecule has 110 valence electrons. The summed E-state index contributed by atoms with van der Waals surface area (Å²) in [7, 11) is 0. The van der Waals surface area contributed by atoms with Crippen LogP contribution in [0.15, 0.2) is 36.4 Å². The summed E-state index contributed by atoms with van der Waals surface area (Å²) in [4.78, 5) is 12.1. The number of aryl methyl sites for hydroxylation is 1. The molecule has 0 fully saturated rings. The average Bonchev–Trinajstić information content (AvgIpc) is 2.45. The van der Waals surface area contributed by atoms with Crippen molar-refractivity contribution in [3.05, 3.63) is 64.7 Å². The molecule has 4 N–H and O–H groups in total. The van der Waals surface area contributed by atoms with Crippen LogP contribution < -0.4 is 16.6 Å². The van der Waals surface area contributed by atoms with Gasteiger partial charge in [-0.1, -0.05) is 6.07 Å². The van der Waals surface area contributed by atoms with Gasteiger partial charge in [-0.25, -0.2) is 8.78 Å². The van der Waals surface area contributed by atoms with Gasteiger partial charge in [0.2, 0.25) is 0 Å². The number of hydrogen-bond acceptors (Lipinski definition) is 3. The second-order valence-corrected chi connectivity index (χ2v) is 4.59. The van der Waals surface area contributed by atoms with Crippen molar-refractivity contribution in [2.75, 3.05) is 5.43 Å². The van der Waals surface area contributed by atoms with E-state index in [0.717, 1.165) is 17.7 Å². The number of anilines is 1. The van der Waals surface area contributed by atoms with E-state index in [1.165, 1.54) is 6.07 Å². The van der Waals surface area contributed by atoms with E-state index in [-0.39, 0.29) is 18.0 Å². The summed E-state index contributed by atoms with van der Waals surface area (Å²) in [5.41, 5.74) is 4.61. The predicted octanol–water partition coefficient (Wildman–Crippen LogP) is 2.49. The van der Waals surface area contributed by atoms with Gasteiger partial charge < -0.3 is 10.7 Å². The van der Waals surface area contributed by atoms with E-state index < -0.39 is 11.6 Å². The third-order valence-corrected chi connectivity index (χ3v) is 3.09. The third kappa shape index (κ3) is 3.55. The van der Waals surface area contributed by atoms with Gasteiger partial charge in [-0.3, -0.25) is 10.6 Å². The summed E-state index contributed by atoms with van der Waals surface area (Å²) in [6.07, 6.45) is 0. The molecule has 2 aromatic carbocycles. The monoisotopic (exact) mass is 291 g/mol. The first kappa shape index (κ1) is 14.9. The van der Waals surface area contributed by atoms with Gasteiger partial charge in [-0.2, -0.15) is 0 Å². The Labute approximate surface area is 120 Å². The summed E-state index contributed by atoms with van der Waals surface area (Å²) in [5.74, 6) is 3.62. The van der Waals surface area contributed by atoms with Crippen molar-refractivity contribution < 1.29 is 13.6 Å². The van der Waals surface area contributed by atoms with Gasteiger partial charge in [0.1, 0.15) is 11.6 Å². The van der Waals surface area contributed by atoms with Crippen molar-refractivity contribution in [2.24, 2.45) is 5.84 Å². The average molecular weight is 291 g/mol. The maximum absolute atomic E-state index is 13.5. The van der Waals surface area contributed by atoms with E-state index in [0.29, 0.717) is 11.3 Å². The molecule has 0 heterocycles. The molecule has 0 aromatic heterocycles. The van der Waals surface area contributed by atoms with E-state index >= 15 is 0 Å². The molecule has 0 bridgehead atoms. The maximum atomic E-state index is 13.5. The summed E-state index contributed by atoms with van der Waals surface area (Å²) in [6, 6.07) is 8.26. The van der Waals surface area contributed by atoms with Gasteiger partial charge in [0.25, 0.3) is 5.91 Å². The second kappa shape index (κ2) is 6.32. The number of carbonyl (C=O) groups excluding carboxylic acids is 1. The van der Waals surface area contributed by atoms with Crippen LogP contribution in [0.5, 0.6) is 0 Å². The SMILES string of the molecule is Cc1cc(NN)ccc1C(=O)NCc1ccc(F)cc1F. The number of halogens is 2. The van der Waals surface area contributed by atoms with Crippen LogP contribution in [0.3, 0.4) is 0 Å². The number of nitrogens with two attached hydrogens (primary N) is 1. The number of benzene rings is 2. The fraction of sp³-hybridized carbons (Fsp3) is 0.133. The van der Waals surface area contributed by atoms with E-state index in [1.54, 1.807) is 25.1 Å². The minimum atomic E-state index is -0.685. The molecule has 0 aliphatic rings. The van der Waals surface area contributed by atoms with E-state index in [1.807, 2.05) is 0 Å². The number of hydrogen-bond donors (Lipinski definition) is 3. The highest BCUT2D eigenvalue weighted by Gasteiger charge is 2.10. The molecule has 6 heteroatoms. The number of amides is 1. The Morgan fingerprint density at radius 3 is 2.57 bits per heavy atom. The second-order valence-electron chi connectivity index (χ2n) is 4.59. The van der Waals surface area contributed by atoms with E-state index in [9.17, 15) is 13.6 Å². The smallest absolute Gasteiger partial charge is 0.251 e. The molecule has 21 heavy (non-hydrogen) atoms. The van der Waals surface area contributed by atoms with Crippen LogP contribution in [-0.2, 0) is 6.54 Å². The lowest BCUT2D eigenvalue weighted by atomic mass is 10.1. The van der Waals surface area contributed by atoms with Crippen LogP contribution in [0.4, 0.5) is 14.5 Å². The topological polar surface area (TPSA) is 67.1 Å². The van der Waals surface area contributed by atoms with Crippen molar-refractivity contribution in [1.29, 1.82) is 0 Å². The molecule has 0 saturated heterocycles. The van der Waals surface area contributed by atoms with E-state index in [4.69, 9.17) is 5.84 Å². The minimum Gasteiger partial charge on any atom is -0.348 e. The highest BCUT2D eigenvalue weighted by atomic mass is 19.1. The van der Waals surface area contributed by atoms with Crippen LogP contribution >= 0.6 is 0 Å². The zero-order valence-corrected chi connectivity index (χ0v) is 11.4. The van der Waals surface area contributed by atoms with Gasteiger partial charge in [-0.15, -0.1) is 0 Å². The zero-order chi connectivity index (χ0) is 15.4. The first-order valence-corrected chi connectivity index (χ1v) is 6.30. The Balaban J connectivity index is 2.08. The molecule has 0 aliphatic heterocycles. The highest BCUT2D eigenvalue weighted by Crippen LogP contribution is 2.15. The first-order valence-electron chi connectivity index (χ1n) is 6.30. The van der Waals surface area contributed by atoms with Gasteiger partial charge in [-0.05, 0) is 36.8 Å². The first-order chi connectivity index (χ1) is 10.0. The molecule has 0 atom stereocenters. The molecule has 1 amide bonds. The van der Waals surface area contributed by atoms with Crippen LogP contribution in [0, 0.1) is 18.6 Å². The van der Waals surface area contributed by atoms with Crippen LogP contribution in [0.1, 0.15) is 21.5 Å². The molecular formula is C15H15F2N3O. The van der Waals surface area contributed by atoms with Gasteiger partial charge in [0.05, 0.1) is 0 Å². The largest absolute Gasteiger partial charge is 0.348 e. The predicted molar refractivity (Wildman–Crippen MR) is 76.5 cm³/mol. The third-order valence-electron chi connectivity index (χ3n) is 3.09. The summed E-state index contributed by atoms with van der Waals surface area (Å²) < 4.78 is 26.3. The van der Waals surface area contributed by atoms with Gasteiger partial charge in [0, 0.05) is 29.4 Å². The zero-order valence-electron chi connectivity index (χ0n) is 11.4. The Morgan fingerprint density at radius 2 is 1.95 bits per heavy atom. The molecule has 0 spiro atoms. The summed E-state index contributed by atoms with van der Waals surface area (Å²) in [5, 5.41) is 2.60. The molecule has 0 radical (unpaired) electrons. The lowest BCUT2D eigenvalue weighted by molar-refractivity contribution is 0.0950. The summed E-state index contributed by atoms with van der Waals surface area (Å²) in [6.45, 7) is 1.76. The molecule has 0 unspecified atom stereocenters. The molecule has 2 rings (SSSR count). The molecule has 0 saturated carbocycles. The quantitative estimate of drug-likeness (QED) is 0.599. The van der Waals surface area contributed by atoms with Crippen LogP contribution in [0.2, 0.25) is 0 Å². The van der Waals surface area contributed by atoms with Gasteiger partial charge >= 0.3 is 0 Å².